The van der Waals surface area contributed by atoms with Crippen molar-refractivity contribution >= 4 is 50.1 Å². The van der Waals surface area contributed by atoms with Gasteiger partial charge in [-0.15, -0.1) is 0 Å². The highest BCUT2D eigenvalue weighted by atomic mass is 32.2. The SMILES string of the molecule is CCCCCCCCCCOc1cc(S(=O)(=O)O)cc(S(=O)(=O)O)c1OCC(CN(CCN(CC(=O)O)CC(=O)O)CC(=O)O)N(CC(=O)O)CC(=O)O. The van der Waals surface area contributed by atoms with E-state index in [9.17, 15) is 65.2 Å². The normalized spacial score (nSPS) is 12.6. The first-order valence-corrected chi connectivity index (χ1v) is 19.7. The van der Waals surface area contributed by atoms with Crippen molar-refractivity contribution in [2.75, 3.05) is 65.6 Å². The van der Waals surface area contributed by atoms with Crippen molar-refractivity contribution in [3.8, 4) is 11.5 Å². The van der Waals surface area contributed by atoms with Crippen molar-refractivity contribution in [3.05, 3.63) is 12.1 Å². The summed E-state index contributed by atoms with van der Waals surface area (Å²) in [6.45, 7) is -4.33. The molecule has 1 aromatic carbocycles. The topological polar surface area (TPSA) is 323 Å². The summed E-state index contributed by atoms with van der Waals surface area (Å²) in [5.41, 5.74) is 0. The third-order valence-electron chi connectivity index (χ3n) is 7.72. The molecule has 0 amide bonds. The van der Waals surface area contributed by atoms with E-state index in [-0.39, 0.29) is 19.7 Å². The Morgan fingerprint density at radius 3 is 1.56 bits per heavy atom. The van der Waals surface area contributed by atoms with Crippen LogP contribution in [0.1, 0.15) is 58.3 Å². The molecule has 0 aliphatic heterocycles. The molecule has 308 valence electrons. The lowest BCUT2D eigenvalue weighted by Crippen LogP contribution is -2.52. The number of aliphatic carboxylic acids is 5. The van der Waals surface area contributed by atoms with E-state index in [1.54, 1.807) is 0 Å². The maximum atomic E-state index is 12.5. The number of rotatable bonds is 31. The van der Waals surface area contributed by atoms with Gasteiger partial charge in [-0.05, 0) is 12.5 Å². The van der Waals surface area contributed by atoms with E-state index in [1.807, 2.05) is 0 Å². The average Bonchev–Trinajstić information content (AvgIpc) is 3.02. The second kappa shape index (κ2) is 23.6. The molecular formula is C31H49N3O18S2. The fraction of sp³-hybridized carbons (Fsp3) is 0.645. The van der Waals surface area contributed by atoms with E-state index in [2.05, 4.69) is 6.92 Å². The van der Waals surface area contributed by atoms with Crippen LogP contribution >= 0.6 is 0 Å². The fourth-order valence-electron chi connectivity index (χ4n) is 5.28. The summed E-state index contributed by atoms with van der Waals surface area (Å²) in [7, 11) is -10.4. The van der Waals surface area contributed by atoms with Crippen LogP contribution in [0.3, 0.4) is 0 Å². The number of carboxylic acids is 5. The molecule has 0 fully saturated rings. The van der Waals surface area contributed by atoms with Gasteiger partial charge in [0.1, 0.15) is 11.5 Å². The van der Waals surface area contributed by atoms with Crippen LogP contribution in [0.2, 0.25) is 0 Å². The molecule has 0 saturated carbocycles. The molecule has 0 heterocycles. The Balaban J connectivity index is 3.61. The van der Waals surface area contributed by atoms with Gasteiger partial charge in [0.15, 0.2) is 11.5 Å². The maximum Gasteiger partial charge on any atom is 0.317 e. The summed E-state index contributed by atoms with van der Waals surface area (Å²) < 4.78 is 80.2. The summed E-state index contributed by atoms with van der Waals surface area (Å²) in [5.74, 6) is -8.67. The lowest BCUT2D eigenvalue weighted by atomic mass is 10.1. The molecule has 1 rings (SSSR count). The minimum absolute atomic E-state index is 0.117. The number of hydrogen-bond donors (Lipinski definition) is 7. The monoisotopic (exact) mass is 815 g/mol. The minimum Gasteiger partial charge on any atom is -0.490 e. The lowest BCUT2D eigenvalue weighted by Gasteiger charge is -2.34. The van der Waals surface area contributed by atoms with Crippen LogP contribution in [0.4, 0.5) is 0 Å². The molecule has 0 aliphatic carbocycles. The Morgan fingerprint density at radius 1 is 0.630 bits per heavy atom. The van der Waals surface area contributed by atoms with Crippen LogP contribution in [0.25, 0.3) is 0 Å². The molecule has 54 heavy (non-hydrogen) atoms. The number of ether oxygens (including phenoxy) is 2. The highest BCUT2D eigenvalue weighted by Crippen LogP contribution is 2.38. The van der Waals surface area contributed by atoms with Gasteiger partial charge in [-0.3, -0.25) is 47.8 Å². The predicted molar refractivity (Wildman–Crippen MR) is 186 cm³/mol. The van der Waals surface area contributed by atoms with Crippen LogP contribution in [0, 0.1) is 0 Å². The van der Waals surface area contributed by atoms with Gasteiger partial charge in [-0.1, -0.05) is 51.9 Å². The van der Waals surface area contributed by atoms with Gasteiger partial charge in [-0.2, -0.15) is 16.8 Å². The first kappa shape index (κ1) is 47.9. The Kier molecular flexibility index (Phi) is 20.9. The van der Waals surface area contributed by atoms with Crippen molar-refractivity contribution in [3.63, 3.8) is 0 Å². The zero-order chi connectivity index (χ0) is 41.1. The van der Waals surface area contributed by atoms with Gasteiger partial charge < -0.3 is 35.0 Å². The quantitative estimate of drug-likeness (QED) is 0.0402. The standard InChI is InChI=1S/C31H49N3O18S2/c1-2-3-4-5-6-7-8-9-12-51-24-13-23(53(45,46)47)14-25(54(48,49)50)31(24)52-21-22(34(19-29(41)42)20-30(43)44)15-32(16-26(35)36)10-11-33(17-27(37)38)18-28(39)40/h13-14,22H,2-12,15-21H2,1H3,(H,35,36)(H,37,38)(H,39,40)(H,41,42)(H,43,44)(H,45,46,47)(H,48,49,50). The van der Waals surface area contributed by atoms with Gasteiger partial charge in [-0.25, -0.2) is 0 Å². The van der Waals surface area contributed by atoms with Crippen LogP contribution in [-0.4, -0.2) is 168 Å². The molecule has 0 aromatic heterocycles. The van der Waals surface area contributed by atoms with E-state index < -0.39 is 123 Å². The summed E-state index contributed by atoms with van der Waals surface area (Å²) in [6, 6.07) is -0.331. The summed E-state index contributed by atoms with van der Waals surface area (Å²) >= 11 is 0. The van der Waals surface area contributed by atoms with Crippen molar-refractivity contribution < 1.29 is 84.9 Å². The van der Waals surface area contributed by atoms with Gasteiger partial charge in [0.25, 0.3) is 20.2 Å². The Morgan fingerprint density at radius 2 is 1.09 bits per heavy atom. The number of carboxylic acid groups (broad SMARTS) is 5. The summed E-state index contributed by atoms with van der Waals surface area (Å²) in [6.07, 6.45) is 7.13. The summed E-state index contributed by atoms with van der Waals surface area (Å²) in [5, 5.41) is 47.0. The Bertz CT molecular complexity index is 1610. The highest BCUT2D eigenvalue weighted by Gasteiger charge is 2.31. The van der Waals surface area contributed by atoms with Gasteiger partial charge >= 0.3 is 29.8 Å². The van der Waals surface area contributed by atoms with Crippen LogP contribution in [0.5, 0.6) is 11.5 Å². The molecule has 23 heteroatoms. The molecule has 21 nitrogen and oxygen atoms in total. The van der Waals surface area contributed by atoms with E-state index in [0.717, 1.165) is 59.3 Å². The molecule has 7 N–H and O–H groups in total. The second-order valence-electron chi connectivity index (χ2n) is 12.3. The molecular weight excluding hydrogens is 766 g/mol. The van der Waals surface area contributed by atoms with E-state index >= 15 is 0 Å². The number of hydrogen-bond acceptors (Lipinski definition) is 14. The van der Waals surface area contributed by atoms with Crippen LogP contribution in [-0.2, 0) is 44.2 Å². The molecule has 0 spiro atoms. The number of nitrogens with zero attached hydrogens (tertiary/aromatic N) is 3. The number of unbranched alkanes of at least 4 members (excludes halogenated alkanes) is 7. The fourth-order valence-corrected chi connectivity index (χ4v) is 6.55. The molecule has 0 saturated heterocycles. The molecule has 0 radical (unpaired) electrons. The van der Waals surface area contributed by atoms with Crippen molar-refractivity contribution in [2.24, 2.45) is 0 Å². The first-order chi connectivity index (χ1) is 25.1. The third-order valence-corrected chi connectivity index (χ3v) is 9.41. The summed E-state index contributed by atoms with van der Waals surface area (Å²) in [4.78, 5) is 58.6. The van der Waals surface area contributed by atoms with Crippen LogP contribution < -0.4 is 9.47 Å². The second-order valence-corrected chi connectivity index (χ2v) is 15.1. The molecule has 1 unspecified atom stereocenters. The van der Waals surface area contributed by atoms with Gasteiger partial charge in [0.2, 0.25) is 0 Å². The smallest absolute Gasteiger partial charge is 0.317 e. The average molecular weight is 816 g/mol. The van der Waals surface area contributed by atoms with E-state index in [0.29, 0.717) is 18.9 Å². The number of carbonyl (C=O) groups is 5. The van der Waals surface area contributed by atoms with E-state index in [1.165, 1.54) is 0 Å². The van der Waals surface area contributed by atoms with Gasteiger partial charge in [0, 0.05) is 25.7 Å². The highest BCUT2D eigenvalue weighted by molar-refractivity contribution is 7.86. The van der Waals surface area contributed by atoms with Crippen LogP contribution in [0.15, 0.2) is 21.9 Å². The predicted octanol–water partition coefficient (Wildman–Crippen LogP) is 0.776. The molecule has 1 atom stereocenters. The molecule has 0 bridgehead atoms. The third kappa shape index (κ3) is 19.8. The van der Waals surface area contributed by atoms with Crippen molar-refractivity contribution in [1.29, 1.82) is 0 Å². The first-order valence-electron chi connectivity index (χ1n) is 16.8. The van der Waals surface area contributed by atoms with Crippen molar-refractivity contribution in [2.45, 2.75) is 74.1 Å². The largest absolute Gasteiger partial charge is 0.490 e. The molecule has 0 aliphatic rings. The minimum atomic E-state index is -5.34. The Hall–Kier alpha value is -4.13. The van der Waals surface area contributed by atoms with Gasteiger partial charge in [0.05, 0.1) is 50.3 Å². The number of benzene rings is 1. The lowest BCUT2D eigenvalue weighted by molar-refractivity contribution is -0.144. The maximum absolute atomic E-state index is 12.5. The zero-order valence-electron chi connectivity index (χ0n) is 29.7. The zero-order valence-corrected chi connectivity index (χ0v) is 31.4. The van der Waals surface area contributed by atoms with Crippen molar-refractivity contribution in [1.82, 2.24) is 14.7 Å². The Labute approximate surface area is 312 Å². The van der Waals surface area contributed by atoms with E-state index in [4.69, 9.17) is 19.7 Å². The molecule has 1 aromatic rings.